The Bertz CT molecular complexity index is 993. The molecular formula is C18H13NO6. The van der Waals surface area contributed by atoms with Crippen LogP contribution in [0.1, 0.15) is 15.9 Å². The van der Waals surface area contributed by atoms with E-state index in [2.05, 4.69) is 5.32 Å². The van der Waals surface area contributed by atoms with Crippen LogP contribution in [0.3, 0.4) is 0 Å². The number of carbonyl (C=O) groups is 2. The van der Waals surface area contributed by atoms with Gasteiger partial charge in [-0.15, -0.1) is 0 Å². The fourth-order valence-electron chi connectivity index (χ4n) is 2.29. The summed E-state index contributed by atoms with van der Waals surface area (Å²) in [6, 6.07) is 14.4. The molecule has 0 radical (unpaired) electrons. The molecule has 0 unspecified atom stereocenters. The molecule has 0 spiro atoms. The Labute approximate surface area is 141 Å². The van der Waals surface area contributed by atoms with Gasteiger partial charge in [-0.05, 0) is 17.7 Å². The zero-order valence-electron chi connectivity index (χ0n) is 12.9. The molecule has 0 aliphatic carbocycles. The first-order valence-corrected chi connectivity index (χ1v) is 7.32. The predicted molar refractivity (Wildman–Crippen MR) is 89.7 cm³/mol. The highest BCUT2D eigenvalue weighted by Crippen LogP contribution is 2.21. The van der Waals surface area contributed by atoms with Gasteiger partial charge in [0.1, 0.15) is 12.2 Å². The van der Waals surface area contributed by atoms with Gasteiger partial charge in [0.25, 0.3) is 0 Å². The number of rotatable bonds is 4. The number of ether oxygens (including phenoxy) is 1. The van der Waals surface area contributed by atoms with Crippen LogP contribution >= 0.6 is 0 Å². The molecule has 25 heavy (non-hydrogen) atoms. The Morgan fingerprint density at radius 1 is 1.08 bits per heavy atom. The van der Waals surface area contributed by atoms with Crippen molar-refractivity contribution in [1.82, 2.24) is 0 Å². The summed E-state index contributed by atoms with van der Waals surface area (Å²) in [7, 11) is 0. The number of aromatic carboxylic acids is 1. The Morgan fingerprint density at radius 3 is 2.56 bits per heavy atom. The first-order chi connectivity index (χ1) is 12.0. The average molecular weight is 339 g/mol. The first-order valence-electron chi connectivity index (χ1n) is 7.32. The average Bonchev–Trinajstić information content (AvgIpc) is 2.59. The lowest BCUT2D eigenvalue weighted by Crippen LogP contribution is -2.13. The molecule has 0 atom stereocenters. The molecule has 0 aliphatic rings. The van der Waals surface area contributed by atoms with Gasteiger partial charge < -0.3 is 14.3 Å². The molecule has 0 aliphatic heterocycles. The third-order valence-electron chi connectivity index (χ3n) is 3.43. The molecule has 0 saturated heterocycles. The van der Waals surface area contributed by atoms with Gasteiger partial charge in [0.15, 0.2) is 0 Å². The number of carboxylic acid groups (broad SMARTS) is 1. The van der Waals surface area contributed by atoms with Crippen LogP contribution in [0.25, 0.3) is 11.0 Å². The number of amides is 1. The first kappa shape index (κ1) is 16.3. The molecule has 2 N–H and O–H groups in total. The SMILES string of the molecule is O=C(Nc1ccc2c(C(=O)O)cc(=O)oc2c1)OCc1ccccc1. The van der Waals surface area contributed by atoms with E-state index in [4.69, 9.17) is 14.3 Å². The van der Waals surface area contributed by atoms with E-state index >= 15 is 0 Å². The molecule has 0 fully saturated rings. The summed E-state index contributed by atoms with van der Waals surface area (Å²) in [6.07, 6.45) is -0.681. The lowest BCUT2D eigenvalue weighted by atomic mass is 10.1. The lowest BCUT2D eigenvalue weighted by molar-refractivity contribution is 0.0698. The quantitative estimate of drug-likeness (QED) is 0.707. The number of hydrogen-bond donors (Lipinski definition) is 2. The van der Waals surface area contributed by atoms with Crippen molar-refractivity contribution in [3.05, 3.63) is 76.1 Å². The van der Waals surface area contributed by atoms with Crippen molar-refractivity contribution < 1.29 is 23.8 Å². The highest BCUT2D eigenvalue weighted by molar-refractivity contribution is 6.02. The molecule has 126 valence electrons. The van der Waals surface area contributed by atoms with Gasteiger partial charge in [-0.2, -0.15) is 0 Å². The topological polar surface area (TPSA) is 106 Å². The van der Waals surface area contributed by atoms with Gasteiger partial charge in [-0.1, -0.05) is 30.3 Å². The molecule has 7 nitrogen and oxygen atoms in total. The van der Waals surface area contributed by atoms with E-state index in [0.717, 1.165) is 11.6 Å². The standard InChI is InChI=1S/C18H13NO6/c20-16-9-14(17(21)22)13-7-6-12(8-15(13)25-16)19-18(23)24-10-11-4-2-1-3-5-11/h1-9H,10H2,(H,19,23)(H,21,22). The van der Waals surface area contributed by atoms with Crippen molar-refractivity contribution in [2.75, 3.05) is 5.32 Å². The largest absolute Gasteiger partial charge is 0.478 e. The zero-order valence-corrected chi connectivity index (χ0v) is 12.9. The molecule has 3 aromatic rings. The normalized spacial score (nSPS) is 10.4. The van der Waals surface area contributed by atoms with Crippen molar-refractivity contribution in [3.63, 3.8) is 0 Å². The van der Waals surface area contributed by atoms with E-state index in [1.54, 1.807) is 0 Å². The number of hydrogen-bond acceptors (Lipinski definition) is 5. The molecule has 1 amide bonds. The summed E-state index contributed by atoms with van der Waals surface area (Å²) in [4.78, 5) is 34.5. The van der Waals surface area contributed by atoms with Crippen LogP contribution in [0.15, 0.2) is 63.8 Å². The predicted octanol–water partition coefficient (Wildman–Crippen LogP) is 3.24. The van der Waals surface area contributed by atoms with Crippen molar-refractivity contribution in [2.24, 2.45) is 0 Å². The Balaban J connectivity index is 1.76. The van der Waals surface area contributed by atoms with Crippen molar-refractivity contribution >= 4 is 28.7 Å². The van der Waals surface area contributed by atoms with E-state index in [-0.39, 0.29) is 23.1 Å². The smallest absolute Gasteiger partial charge is 0.411 e. The maximum Gasteiger partial charge on any atom is 0.411 e. The monoisotopic (exact) mass is 339 g/mol. The van der Waals surface area contributed by atoms with Crippen LogP contribution in [0, 0.1) is 0 Å². The van der Waals surface area contributed by atoms with Gasteiger partial charge in [0, 0.05) is 23.2 Å². The highest BCUT2D eigenvalue weighted by atomic mass is 16.5. The number of carbonyl (C=O) groups excluding carboxylic acids is 1. The fraction of sp³-hybridized carbons (Fsp3) is 0.0556. The van der Waals surface area contributed by atoms with E-state index in [1.165, 1.54) is 18.2 Å². The van der Waals surface area contributed by atoms with Crippen LogP contribution in [0.4, 0.5) is 10.5 Å². The Hall–Kier alpha value is -3.61. The minimum Gasteiger partial charge on any atom is -0.478 e. The number of benzene rings is 2. The summed E-state index contributed by atoms with van der Waals surface area (Å²) in [5.41, 5.74) is 0.272. The minimum atomic E-state index is -1.24. The number of carboxylic acids is 1. The summed E-state index contributed by atoms with van der Waals surface area (Å²) in [5.74, 6) is -1.24. The molecule has 7 heteroatoms. The number of fused-ring (bicyclic) bond motifs is 1. The molecule has 0 bridgehead atoms. The zero-order chi connectivity index (χ0) is 17.8. The second-order valence-corrected chi connectivity index (χ2v) is 5.18. The van der Waals surface area contributed by atoms with Crippen LogP contribution in [-0.4, -0.2) is 17.2 Å². The molecule has 0 saturated carbocycles. The van der Waals surface area contributed by atoms with E-state index < -0.39 is 17.7 Å². The molecule has 1 aromatic heterocycles. The third kappa shape index (κ3) is 3.84. The van der Waals surface area contributed by atoms with Gasteiger partial charge in [-0.25, -0.2) is 14.4 Å². The van der Waals surface area contributed by atoms with E-state index in [1.807, 2.05) is 30.3 Å². The summed E-state index contributed by atoms with van der Waals surface area (Å²) in [5, 5.41) is 11.9. The van der Waals surface area contributed by atoms with Crippen molar-refractivity contribution in [1.29, 1.82) is 0 Å². The Morgan fingerprint density at radius 2 is 1.84 bits per heavy atom. The van der Waals surface area contributed by atoms with Crippen molar-refractivity contribution in [3.8, 4) is 0 Å². The van der Waals surface area contributed by atoms with Gasteiger partial charge in [0.2, 0.25) is 0 Å². The number of anilines is 1. The highest BCUT2D eigenvalue weighted by Gasteiger charge is 2.13. The molecule has 3 rings (SSSR count). The van der Waals surface area contributed by atoms with Crippen LogP contribution < -0.4 is 10.9 Å². The van der Waals surface area contributed by atoms with Gasteiger partial charge in [-0.3, -0.25) is 5.32 Å². The van der Waals surface area contributed by atoms with Crippen molar-refractivity contribution in [2.45, 2.75) is 6.61 Å². The summed E-state index contributed by atoms with van der Waals surface area (Å²) in [6.45, 7) is 0.110. The summed E-state index contributed by atoms with van der Waals surface area (Å²) < 4.78 is 10.1. The lowest BCUT2D eigenvalue weighted by Gasteiger charge is -2.08. The fourth-order valence-corrected chi connectivity index (χ4v) is 2.29. The minimum absolute atomic E-state index is 0.0609. The molecule has 2 aromatic carbocycles. The Kier molecular flexibility index (Phi) is 4.47. The molecule has 1 heterocycles. The van der Waals surface area contributed by atoms with Crippen LogP contribution in [0.2, 0.25) is 0 Å². The maximum absolute atomic E-state index is 11.8. The number of nitrogens with one attached hydrogen (secondary N) is 1. The second-order valence-electron chi connectivity index (χ2n) is 5.18. The molecular weight excluding hydrogens is 326 g/mol. The van der Waals surface area contributed by atoms with E-state index in [0.29, 0.717) is 5.69 Å². The third-order valence-corrected chi connectivity index (χ3v) is 3.43. The van der Waals surface area contributed by atoms with Gasteiger partial charge in [0.05, 0.1) is 5.56 Å². The van der Waals surface area contributed by atoms with E-state index in [9.17, 15) is 14.4 Å². The van der Waals surface area contributed by atoms with Crippen LogP contribution in [0.5, 0.6) is 0 Å². The van der Waals surface area contributed by atoms with Crippen LogP contribution in [-0.2, 0) is 11.3 Å². The van der Waals surface area contributed by atoms with Gasteiger partial charge >= 0.3 is 17.7 Å². The second kappa shape index (κ2) is 6.88. The summed E-state index contributed by atoms with van der Waals surface area (Å²) >= 11 is 0. The maximum atomic E-state index is 11.8.